The van der Waals surface area contributed by atoms with Crippen LogP contribution in [-0.4, -0.2) is 25.9 Å². The van der Waals surface area contributed by atoms with Crippen molar-refractivity contribution in [3.63, 3.8) is 0 Å². The van der Waals surface area contributed by atoms with E-state index in [0.29, 0.717) is 18.1 Å². The quantitative estimate of drug-likeness (QED) is 0.229. The van der Waals surface area contributed by atoms with E-state index in [2.05, 4.69) is 36.4 Å². The molecule has 5 aromatic rings. The summed E-state index contributed by atoms with van der Waals surface area (Å²) in [6.45, 7) is 6.59. The zero-order chi connectivity index (χ0) is 27.4. The van der Waals surface area contributed by atoms with Gasteiger partial charge in [0.15, 0.2) is 0 Å². The highest BCUT2D eigenvalue weighted by Crippen LogP contribution is 2.32. The zero-order valence-corrected chi connectivity index (χ0v) is 22.2. The van der Waals surface area contributed by atoms with E-state index < -0.39 is 0 Å². The van der Waals surface area contributed by atoms with Crippen LogP contribution in [0.25, 0.3) is 16.5 Å². The molecule has 3 N–H and O–H groups in total. The first-order valence-electron chi connectivity index (χ1n) is 12.7. The predicted octanol–water partition coefficient (Wildman–Crippen LogP) is 6.43. The summed E-state index contributed by atoms with van der Waals surface area (Å²) in [5.41, 5.74) is 3.88. The van der Waals surface area contributed by atoms with Crippen LogP contribution in [-0.2, 0) is 18.6 Å². The van der Waals surface area contributed by atoms with Crippen LogP contribution in [0, 0.1) is 0 Å². The maximum atomic E-state index is 13.2. The highest BCUT2D eigenvalue weighted by atomic mass is 16.5. The summed E-state index contributed by atoms with van der Waals surface area (Å²) in [7, 11) is 0. The van der Waals surface area contributed by atoms with Gasteiger partial charge in [0, 0.05) is 34.6 Å². The van der Waals surface area contributed by atoms with E-state index in [4.69, 9.17) is 9.84 Å². The van der Waals surface area contributed by atoms with Gasteiger partial charge in [-0.1, -0.05) is 57.2 Å². The third kappa shape index (κ3) is 5.91. The molecule has 8 nitrogen and oxygen atoms in total. The van der Waals surface area contributed by atoms with Crippen molar-refractivity contribution in [3.05, 3.63) is 108 Å². The fourth-order valence-electron chi connectivity index (χ4n) is 4.19. The summed E-state index contributed by atoms with van der Waals surface area (Å²) in [6, 6.07) is 24.2. The number of pyridine rings is 1. The SMILES string of the molecule is CC(C)(C)c1cc(NC(=O)Nc2ccc(OCc3ccncc3)c3ccccc23)n(-c2ccc(CO)cc2)n1. The summed E-state index contributed by atoms with van der Waals surface area (Å²) < 4.78 is 7.80. The number of ether oxygens (including phenoxy) is 1. The lowest BCUT2D eigenvalue weighted by molar-refractivity contribution is 0.262. The third-order valence-corrected chi connectivity index (χ3v) is 6.36. The van der Waals surface area contributed by atoms with Crippen molar-refractivity contribution in [1.29, 1.82) is 0 Å². The molecular formula is C31H31N5O3. The molecular weight excluding hydrogens is 490 g/mol. The molecule has 3 aromatic carbocycles. The minimum Gasteiger partial charge on any atom is -0.488 e. The molecule has 0 saturated heterocycles. The molecule has 0 aliphatic rings. The third-order valence-electron chi connectivity index (χ3n) is 6.36. The number of anilines is 2. The lowest BCUT2D eigenvalue weighted by Gasteiger charge is -2.14. The van der Waals surface area contributed by atoms with E-state index in [1.54, 1.807) is 17.1 Å². The van der Waals surface area contributed by atoms with Gasteiger partial charge in [0.25, 0.3) is 0 Å². The number of nitrogens with one attached hydrogen (secondary N) is 2. The molecule has 0 atom stereocenters. The standard InChI is InChI=1S/C31H31N5O3/c1-31(2,3)28-18-29(36(35-28)23-10-8-21(19-37)9-11-23)34-30(38)33-26-12-13-27(25-7-5-4-6-24(25)26)39-20-22-14-16-32-17-15-22/h4-18,37H,19-20H2,1-3H3,(H2,33,34,38). The molecule has 0 unspecified atom stereocenters. The van der Waals surface area contributed by atoms with Gasteiger partial charge in [-0.3, -0.25) is 10.3 Å². The van der Waals surface area contributed by atoms with Crippen molar-refractivity contribution in [2.75, 3.05) is 10.6 Å². The van der Waals surface area contributed by atoms with Gasteiger partial charge < -0.3 is 15.2 Å². The lowest BCUT2D eigenvalue weighted by atomic mass is 9.92. The summed E-state index contributed by atoms with van der Waals surface area (Å²) in [6.07, 6.45) is 3.48. The highest BCUT2D eigenvalue weighted by molar-refractivity contribution is 6.07. The number of fused-ring (bicyclic) bond motifs is 1. The van der Waals surface area contributed by atoms with Crippen molar-refractivity contribution in [2.45, 2.75) is 39.4 Å². The first-order chi connectivity index (χ1) is 18.8. The monoisotopic (exact) mass is 521 g/mol. The van der Waals surface area contributed by atoms with Crippen molar-refractivity contribution in [2.24, 2.45) is 0 Å². The van der Waals surface area contributed by atoms with E-state index in [0.717, 1.165) is 39.0 Å². The summed E-state index contributed by atoms with van der Waals surface area (Å²) in [5.74, 6) is 1.27. The first-order valence-corrected chi connectivity index (χ1v) is 12.7. The second-order valence-electron chi connectivity index (χ2n) is 10.3. The van der Waals surface area contributed by atoms with E-state index in [1.807, 2.05) is 78.9 Å². The summed E-state index contributed by atoms with van der Waals surface area (Å²) in [4.78, 5) is 17.3. The smallest absolute Gasteiger partial charge is 0.324 e. The van der Waals surface area contributed by atoms with E-state index >= 15 is 0 Å². The van der Waals surface area contributed by atoms with E-state index in [9.17, 15) is 9.90 Å². The minimum atomic E-state index is -0.390. The van der Waals surface area contributed by atoms with Crippen LogP contribution in [0.3, 0.4) is 0 Å². The Morgan fingerprint density at radius 1 is 0.897 bits per heavy atom. The number of urea groups is 1. The lowest BCUT2D eigenvalue weighted by Crippen LogP contribution is -2.21. The normalized spacial score (nSPS) is 11.4. The average molecular weight is 522 g/mol. The van der Waals surface area contributed by atoms with Crippen LogP contribution in [0.5, 0.6) is 5.75 Å². The number of aromatic nitrogens is 3. The van der Waals surface area contributed by atoms with Gasteiger partial charge >= 0.3 is 6.03 Å². The number of rotatable bonds is 7. The Balaban J connectivity index is 1.39. The molecule has 8 heteroatoms. The number of carbonyl (C=O) groups excluding carboxylic acids is 1. The Morgan fingerprint density at radius 2 is 1.62 bits per heavy atom. The first kappa shape index (κ1) is 25.9. The maximum Gasteiger partial charge on any atom is 0.324 e. The molecule has 0 aliphatic carbocycles. The topological polar surface area (TPSA) is 101 Å². The van der Waals surface area contributed by atoms with Crippen molar-refractivity contribution >= 4 is 28.3 Å². The van der Waals surface area contributed by atoms with Gasteiger partial charge in [-0.15, -0.1) is 0 Å². The summed E-state index contributed by atoms with van der Waals surface area (Å²) >= 11 is 0. The molecule has 5 rings (SSSR count). The van der Waals surface area contributed by atoms with Gasteiger partial charge in [-0.25, -0.2) is 9.48 Å². The van der Waals surface area contributed by atoms with E-state index in [-0.39, 0.29) is 18.1 Å². The maximum absolute atomic E-state index is 13.2. The number of amides is 2. The van der Waals surface area contributed by atoms with Crippen LogP contribution in [0.2, 0.25) is 0 Å². The molecule has 0 saturated carbocycles. The molecule has 0 radical (unpaired) electrons. The van der Waals surface area contributed by atoms with E-state index in [1.165, 1.54) is 0 Å². The minimum absolute atomic E-state index is 0.0400. The van der Waals surface area contributed by atoms with Gasteiger partial charge in [0.05, 0.1) is 23.7 Å². The molecule has 0 bridgehead atoms. The second kappa shape index (κ2) is 11.0. The molecule has 39 heavy (non-hydrogen) atoms. The summed E-state index contributed by atoms with van der Waals surface area (Å²) in [5, 5.41) is 21.9. The molecule has 2 amide bonds. The second-order valence-corrected chi connectivity index (χ2v) is 10.3. The zero-order valence-electron chi connectivity index (χ0n) is 22.2. The van der Waals surface area contributed by atoms with Crippen molar-refractivity contribution in [1.82, 2.24) is 14.8 Å². The van der Waals surface area contributed by atoms with Gasteiger partial charge in [-0.2, -0.15) is 5.10 Å². The number of aliphatic hydroxyl groups is 1. The Bertz CT molecular complexity index is 1590. The van der Waals surface area contributed by atoms with Crippen LogP contribution < -0.4 is 15.4 Å². The number of hydrogen-bond acceptors (Lipinski definition) is 5. The van der Waals surface area contributed by atoms with Crippen LogP contribution in [0.1, 0.15) is 37.6 Å². The van der Waals surface area contributed by atoms with Crippen LogP contribution >= 0.6 is 0 Å². The number of aliphatic hydroxyl groups excluding tert-OH is 1. The fraction of sp³-hybridized carbons (Fsp3) is 0.194. The van der Waals surface area contributed by atoms with Crippen molar-refractivity contribution < 1.29 is 14.6 Å². The number of carbonyl (C=O) groups is 1. The Kier molecular flexibility index (Phi) is 7.29. The molecule has 2 aromatic heterocycles. The molecule has 198 valence electrons. The highest BCUT2D eigenvalue weighted by Gasteiger charge is 2.22. The number of nitrogens with zero attached hydrogens (tertiary/aromatic N) is 3. The van der Waals surface area contributed by atoms with Crippen molar-refractivity contribution in [3.8, 4) is 11.4 Å². The van der Waals surface area contributed by atoms with Crippen LogP contribution in [0.15, 0.2) is 91.3 Å². The molecule has 0 spiro atoms. The Morgan fingerprint density at radius 3 is 2.31 bits per heavy atom. The number of benzene rings is 3. The van der Waals surface area contributed by atoms with Crippen LogP contribution in [0.4, 0.5) is 16.3 Å². The molecule has 0 aliphatic heterocycles. The van der Waals surface area contributed by atoms with Gasteiger partial charge in [0.2, 0.25) is 0 Å². The largest absolute Gasteiger partial charge is 0.488 e. The molecule has 0 fully saturated rings. The Hall–Kier alpha value is -4.69. The number of hydrogen-bond donors (Lipinski definition) is 3. The average Bonchev–Trinajstić information content (AvgIpc) is 3.37. The molecule has 2 heterocycles. The fourth-order valence-corrected chi connectivity index (χ4v) is 4.19. The van der Waals surface area contributed by atoms with Gasteiger partial charge in [-0.05, 0) is 47.5 Å². The Labute approximate surface area is 227 Å². The van der Waals surface area contributed by atoms with Gasteiger partial charge in [0.1, 0.15) is 18.2 Å². The predicted molar refractivity (Wildman–Crippen MR) is 153 cm³/mol.